The van der Waals surface area contributed by atoms with Gasteiger partial charge in [0, 0.05) is 25.3 Å². The highest BCUT2D eigenvalue weighted by Crippen LogP contribution is 2.22. The summed E-state index contributed by atoms with van der Waals surface area (Å²) >= 11 is 0. The third kappa shape index (κ3) is 6.88. The number of nitrogens with one attached hydrogen (secondary N) is 2. The highest BCUT2D eigenvalue weighted by atomic mass is 32.2. The van der Waals surface area contributed by atoms with Crippen LogP contribution in [-0.4, -0.2) is 57.3 Å². The summed E-state index contributed by atoms with van der Waals surface area (Å²) in [5.41, 5.74) is 2.19. The number of amides is 2. The SMILES string of the molecule is Cc1ccc(C(=O)NC(C(=O)OCC(=O)Nc2ccc(C)c(S(=O)(=O)N(C)C)c2)C(C)C)cc1. The number of rotatable bonds is 9. The van der Waals surface area contributed by atoms with Gasteiger partial charge in [0.2, 0.25) is 10.0 Å². The zero-order valence-corrected chi connectivity index (χ0v) is 21.0. The number of carbonyl (C=O) groups is 3. The summed E-state index contributed by atoms with van der Waals surface area (Å²) in [7, 11) is -0.855. The van der Waals surface area contributed by atoms with Crippen LogP contribution in [0.25, 0.3) is 0 Å². The first-order chi connectivity index (χ1) is 15.8. The Balaban J connectivity index is 2.02. The summed E-state index contributed by atoms with van der Waals surface area (Å²) in [5, 5.41) is 5.18. The average Bonchev–Trinajstić information content (AvgIpc) is 2.77. The molecule has 2 aromatic rings. The third-order valence-corrected chi connectivity index (χ3v) is 7.05. The van der Waals surface area contributed by atoms with Crippen molar-refractivity contribution in [2.24, 2.45) is 5.92 Å². The van der Waals surface area contributed by atoms with Crippen LogP contribution in [0.15, 0.2) is 47.4 Å². The number of nitrogens with zero attached hydrogens (tertiary/aromatic N) is 1. The predicted molar refractivity (Wildman–Crippen MR) is 129 cm³/mol. The van der Waals surface area contributed by atoms with Crippen molar-refractivity contribution in [1.29, 1.82) is 0 Å². The predicted octanol–water partition coefficient (Wildman–Crippen LogP) is 2.49. The Kier molecular flexibility index (Phi) is 8.94. The summed E-state index contributed by atoms with van der Waals surface area (Å²) in [6.07, 6.45) is 0. The van der Waals surface area contributed by atoms with Gasteiger partial charge < -0.3 is 15.4 Å². The number of esters is 1. The Bertz CT molecular complexity index is 1160. The van der Waals surface area contributed by atoms with Crippen molar-refractivity contribution in [3.63, 3.8) is 0 Å². The normalized spacial score (nSPS) is 12.4. The van der Waals surface area contributed by atoms with E-state index in [0.29, 0.717) is 11.1 Å². The van der Waals surface area contributed by atoms with Crippen molar-refractivity contribution >= 4 is 33.5 Å². The molecule has 2 N–H and O–H groups in total. The number of hydrogen-bond donors (Lipinski definition) is 2. The number of carbonyl (C=O) groups excluding carboxylic acids is 3. The molecule has 0 aliphatic carbocycles. The van der Waals surface area contributed by atoms with E-state index in [4.69, 9.17) is 4.74 Å². The molecule has 2 amide bonds. The minimum absolute atomic E-state index is 0.0611. The minimum atomic E-state index is -3.69. The molecule has 0 bridgehead atoms. The van der Waals surface area contributed by atoms with Crippen LogP contribution in [0.2, 0.25) is 0 Å². The second-order valence-corrected chi connectivity index (χ2v) is 10.6. The second kappa shape index (κ2) is 11.3. The quantitative estimate of drug-likeness (QED) is 0.522. The largest absolute Gasteiger partial charge is 0.454 e. The first kappa shape index (κ1) is 27.0. The minimum Gasteiger partial charge on any atom is -0.454 e. The molecule has 0 radical (unpaired) electrons. The Morgan fingerprint density at radius 3 is 2.18 bits per heavy atom. The molecule has 1 atom stereocenters. The van der Waals surface area contributed by atoms with Gasteiger partial charge in [-0.1, -0.05) is 37.6 Å². The molecule has 34 heavy (non-hydrogen) atoms. The summed E-state index contributed by atoms with van der Waals surface area (Å²) in [6.45, 7) is 6.47. The van der Waals surface area contributed by atoms with E-state index in [1.54, 1.807) is 57.2 Å². The lowest BCUT2D eigenvalue weighted by Crippen LogP contribution is -2.45. The maximum Gasteiger partial charge on any atom is 0.329 e. The van der Waals surface area contributed by atoms with E-state index in [9.17, 15) is 22.8 Å². The van der Waals surface area contributed by atoms with E-state index < -0.39 is 40.5 Å². The number of anilines is 1. The monoisotopic (exact) mass is 489 g/mol. The molecule has 184 valence electrons. The van der Waals surface area contributed by atoms with Gasteiger partial charge in [0.05, 0.1) is 4.90 Å². The maximum atomic E-state index is 12.6. The van der Waals surface area contributed by atoms with Crippen LogP contribution in [-0.2, 0) is 24.3 Å². The highest BCUT2D eigenvalue weighted by molar-refractivity contribution is 7.89. The number of benzene rings is 2. The molecule has 2 rings (SSSR count). The van der Waals surface area contributed by atoms with Crippen molar-refractivity contribution in [2.75, 3.05) is 26.0 Å². The van der Waals surface area contributed by atoms with E-state index in [2.05, 4.69) is 10.6 Å². The third-order valence-electron chi connectivity index (χ3n) is 5.10. The van der Waals surface area contributed by atoms with Gasteiger partial charge in [-0.15, -0.1) is 0 Å². The zero-order valence-electron chi connectivity index (χ0n) is 20.2. The van der Waals surface area contributed by atoms with Crippen LogP contribution in [0.1, 0.15) is 35.3 Å². The molecule has 0 heterocycles. The molecular formula is C24H31N3O6S. The molecular weight excluding hydrogens is 458 g/mol. The summed E-state index contributed by atoms with van der Waals surface area (Å²) < 4.78 is 31.1. The number of ether oxygens (including phenoxy) is 1. The summed E-state index contributed by atoms with van der Waals surface area (Å²) in [5.74, 6) is -2.08. The van der Waals surface area contributed by atoms with Gasteiger partial charge in [-0.2, -0.15) is 0 Å². The molecule has 1 unspecified atom stereocenters. The van der Waals surface area contributed by atoms with Crippen LogP contribution in [0.3, 0.4) is 0 Å². The molecule has 2 aromatic carbocycles. The van der Waals surface area contributed by atoms with Gasteiger partial charge in [0.15, 0.2) is 6.61 Å². The average molecular weight is 490 g/mol. The van der Waals surface area contributed by atoms with E-state index >= 15 is 0 Å². The second-order valence-electron chi connectivity index (χ2n) is 8.48. The molecule has 0 saturated heterocycles. The van der Waals surface area contributed by atoms with E-state index in [0.717, 1.165) is 9.87 Å². The van der Waals surface area contributed by atoms with E-state index in [1.807, 2.05) is 6.92 Å². The molecule has 0 aliphatic heterocycles. The van der Waals surface area contributed by atoms with Crippen molar-refractivity contribution in [1.82, 2.24) is 9.62 Å². The number of hydrogen-bond acceptors (Lipinski definition) is 6. The molecule has 0 fully saturated rings. The van der Waals surface area contributed by atoms with Gasteiger partial charge in [-0.05, 0) is 49.6 Å². The van der Waals surface area contributed by atoms with Crippen LogP contribution in [0, 0.1) is 19.8 Å². The molecule has 0 spiro atoms. The summed E-state index contributed by atoms with van der Waals surface area (Å²) in [6, 6.07) is 10.4. The van der Waals surface area contributed by atoms with E-state index in [-0.39, 0.29) is 16.5 Å². The fourth-order valence-corrected chi connectivity index (χ4v) is 4.15. The van der Waals surface area contributed by atoms with Crippen LogP contribution in [0.4, 0.5) is 5.69 Å². The van der Waals surface area contributed by atoms with Gasteiger partial charge in [0.25, 0.3) is 11.8 Å². The fourth-order valence-electron chi connectivity index (χ4n) is 3.00. The van der Waals surface area contributed by atoms with Crippen molar-refractivity contribution < 1.29 is 27.5 Å². The van der Waals surface area contributed by atoms with Crippen LogP contribution >= 0.6 is 0 Å². The number of aryl methyl sites for hydroxylation is 2. The first-order valence-corrected chi connectivity index (χ1v) is 12.1. The van der Waals surface area contributed by atoms with Gasteiger partial charge in [-0.3, -0.25) is 9.59 Å². The van der Waals surface area contributed by atoms with Crippen LogP contribution < -0.4 is 10.6 Å². The van der Waals surface area contributed by atoms with Crippen molar-refractivity contribution in [2.45, 2.75) is 38.6 Å². The fraction of sp³-hybridized carbons (Fsp3) is 0.375. The number of sulfonamides is 1. The lowest BCUT2D eigenvalue weighted by atomic mass is 10.0. The standard InChI is InChI=1S/C24H31N3O6S/c1-15(2)22(26-23(29)18-10-7-16(3)8-11-18)24(30)33-14-21(28)25-19-12-9-17(4)20(13-19)34(31,32)27(5)6/h7-13,15,22H,14H2,1-6H3,(H,25,28)(H,26,29). The van der Waals surface area contributed by atoms with Crippen LogP contribution in [0.5, 0.6) is 0 Å². The van der Waals surface area contributed by atoms with Gasteiger partial charge in [-0.25, -0.2) is 17.5 Å². The maximum absolute atomic E-state index is 12.6. The lowest BCUT2D eigenvalue weighted by molar-refractivity contribution is -0.150. The molecule has 9 nitrogen and oxygen atoms in total. The van der Waals surface area contributed by atoms with Gasteiger partial charge >= 0.3 is 5.97 Å². The Hall–Kier alpha value is -3.24. The lowest BCUT2D eigenvalue weighted by Gasteiger charge is -2.21. The molecule has 10 heteroatoms. The summed E-state index contributed by atoms with van der Waals surface area (Å²) in [4.78, 5) is 37.4. The zero-order chi connectivity index (χ0) is 25.6. The highest BCUT2D eigenvalue weighted by Gasteiger charge is 2.27. The van der Waals surface area contributed by atoms with Gasteiger partial charge in [0.1, 0.15) is 6.04 Å². The smallest absolute Gasteiger partial charge is 0.329 e. The van der Waals surface area contributed by atoms with E-state index in [1.165, 1.54) is 20.2 Å². The van der Waals surface area contributed by atoms with Crippen molar-refractivity contribution in [3.8, 4) is 0 Å². The molecule has 0 aliphatic rings. The molecule has 0 aromatic heterocycles. The Labute approximate surface area is 200 Å². The topological polar surface area (TPSA) is 122 Å². The molecule has 0 saturated carbocycles. The Morgan fingerprint density at radius 2 is 1.62 bits per heavy atom. The van der Waals surface area contributed by atoms with Crippen molar-refractivity contribution in [3.05, 3.63) is 59.2 Å². The Morgan fingerprint density at radius 1 is 1.00 bits per heavy atom. The first-order valence-electron chi connectivity index (χ1n) is 10.7.